The highest BCUT2D eigenvalue weighted by Gasteiger charge is 2.18. The highest BCUT2D eigenvalue weighted by atomic mass is 35.5. The molecule has 6 heteroatoms. The first-order valence-electron chi connectivity index (χ1n) is 6.40. The second-order valence-corrected chi connectivity index (χ2v) is 5.07. The molecule has 0 spiro atoms. The van der Waals surface area contributed by atoms with Gasteiger partial charge >= 0.3 is 0 Å². The standard InChI is InChI=1S/C12H20ClN5/c1-3-14-12-15-7-10(13)11(17-12)16-9-5-4-6-18(2)8-9/h7,9H,3-6,8H2,1-2H3,(H2,14,15,16,17). The third-order valence-electron chi connectivity index (χ3n) is 3.04. The van der Waals surface area contributed by atoms with E-state index < -0.39 is 0 Å². The van der Waals surface area contributed by atoms with Crippen molar-refractivity contribution in [3.05, 3.63) is 11.2 Å². The van der Waals surface area contributed by atoms with Crippen molar-refractivity contribution < 1.29 is 0 Å². The molecule has 1 aromatic rings. The highest BCUT2D eigenvalue weighted by molar-refractivity contribution is 6.32. The summed E-state index contributed by atoms with van der Waals surface area (Å²) in [7, 11) is 2.14. The molecule has 1 aliphatic heterocycles. The van der Waals surface area contributed by atoms with E-state index in [9.17, 15) is 0 Å². The lowest BCUT2D eigenvalue weighted by Crippen LogP contribution is -2.40. The molecule has 0 saturated carbocycles. The molecular weight excluding hydrogens is 250 g/mol. The number of anilines is 2. The Morgan fingerprint density at radius 1 is 1.56 bits per heavy atom. The van der Waals surface area contributed by atoms with Gasteiger partial charge in [-0.15, -0.1) is 0 Å². The third kappa shape index (κ3) is 3.46. The van der Waals surface area contributed by atoms with E-state index in [2.05, 4.69) is 32.5 Å². The number of piperidine rings is 1. The average molecular weight is 270 g/mol. The lowest BCUT2D eigenvalue weighted by Gasteiger charge is -2.30. The molecule has 0 amide bonds. The Morgan fingerprint density at radius 2 is 2.39 bits per heavy atom. The summed E-state index contributed by atoms with van der Waals surface area (Å²) < 4.78 is 0. The number of rotatable bonds is 4. The van der Waals surface area contributed by atoms with E-state index in [0.29, 0.717) is 17.0 Å². The summed E-state index contributed by atoms with van der Waals surface area (Å²) in [6.07, 6.45) is 4.00. The molecule has 1 fully saturated rings. The minimum atomic E-state index is 0.408. The van der Waals surface area contributed by atoms with Crippen LogP contribution < -0.4 is 10.6 Å². The Kier molecular flexibility index (Phi) is 4.60. The Bertz CT molecular complexity index is 398. The normalized spacial score (nSPS) is 20.7. The molecule has 2 rings (SSSR count). The molecule has 1 atom stereocenters. The van der Waals surface area contributed by atoms with Gasteiger partial charge in [0.25, 0.3) is 0 Å². The number of aromatic nitrogens is 2. The molecule has 2 N–H and O–H groups in total. The predicted molar refractivity (Wildman–Crippen MR) is 75.3 cm³/mol. The molecule has 1 saturated heterocycles. The highest BCUT2D eigenvalue weighted by Crippen LogP contribution is 2.22. The minimum absolute atomic E-state index is 0.408. The van der Waals surface area contributed by atoms with Crippen LogP contribution in [-0.4, -0.2) is 47.6 Å². The molecule has 5 nitrogen and oxygen atoms in total. The first-order chi connectivity index (χ1) is 8.69. The number of hydrogen-bond donors (Lipinski definition) is 2. The van der Waals surface area contributed by atoms with E-state index in [0.717, 1.165) is 25.3 Å². The largest absolute Gasteiger partial charge is 0.365 e. The summed E-state index contributed by atoms with van der Waals surface area (Å²) >= 11 is 6.12. The number of nitrogens with zero attached hydrogens (tertiary/aromatic N) is 3. The quantitative estimate of drug-likeness (QED) is 0.876. The van der Waals surface area contributed by atoms with Crippen molar-refractivity contribution in [3.8, 4) is 0 Å². The van der Waals surface area contributed by atoms with Crippen molar-refractivity contribution in [2.24, 2.45) is 0 Å². The molecular formula is C12H20ClN5. The van der Waals surface area contributed by atoms with Gasteiger partial charge in [0.05, 0.1) is 6.20 Å². The fraction of sp³-hybridized carbons (Fsp3) is 0.667. The van der Waals surface area contributed by atoms with Crippen molar-refractivity contribution in [1.29, 1.82) is 0 Å². The van der Waals surface area contributed by atoms with Gasteiger partial charge in [-0.3, -0.25) is 0 Å². The van der Waals surface area contributed by atoms with Gasteiger partial charge in [0.2, 0.25) is 5.95 Å². The van der Waals surface area contributed by atoms with Crippen molar-refractivity contribution in [2.45, 2.75) is 25.8 Å². The maximum atomic E-state index is 6.12. The molecule has 0 bridgehead atoms. The number of hydrogen-bond acceptors (Lipinski definition) is 5. The van der Waals surface area contributed by atoms with Crippen molar-refractivity contribution in [1.82, 2.24) is 14.9 Å². The summed E-state index contributed by atoms with van der Waals surface area (Å²) in [6, 6.07) is 0.408. The molecule has 1 aromatic heterocycles. The monoisotopic (exact) mass is 269 g/mol. The van der Waals surface area contributed by atoms with Gasteiger partial charge in [-0.25, -0.2) is 4.98 Å². The van der Waals surface area contributed by atoms with Gasteiger partial charge in [0.1, 0.15) is 5.02 Å². The third-order valence-corrected chi connectivity index (χ3v) is 3.32. The topological polar surface area (TPSA) is 53.1 Å². The van der Waals surface area contributed by atoms with Crippen molar-refractivity contribution in [2.75, 3.05) is 37.3 Å². The van der Waals surface area contributed by atoms with Crippen LogP contribution in [0.3, 0.4) is 0 Å². The Hall–Kier alpha value is -1.07. The average Bonchev–Trinajstić information content (AvgIpc) is 2.34. The van der Waals surface area contributed by atoms with E-state index in [1.165, 1.54) is 13.0 Å². The fourth-order valence-electron chi connectivity index (χ4n) is 2.19. The summed E-state index contributed by atoms with van der Waals surface area (Å²) in [5.74, 6) is 1.34. The summed E-state index contributed by atoms with van der Waals surface area (Å²) in [5, 5.41) is 7.08. The Morgan fingerprint density at radius 3 is 3.11 bits per heavy atom. The number of likely N-dealkylation sites (N-methyl/N-ethyl adjacent to an activating group) is 1. The van der Waals surface area contributed by atoms with Crippen LogP contribution in [-0.2, 0) is 0 Å². The second kappa shape index (κ2) is 6.20. The predicted octanol–water partition coefficient (Wildman–Crippen LogP) is 2.07. The van der Waals surface area contributed by atoms with Gasteiger partial charge in [0.15, 0.2) is 5.82 Å². The number of halogens is 1. The second-order valence-electron chi connectivity index (χ2n) is 4.67. The van der Waals surface area contributed by atoms with Crippen LogP contribution in [0.2, 0.25) is 5.02 Å². The van der Waals surface area contributed by atoms with Crippen molar-refractivity contribution >= 4 is 23.4 Å². The first-order valence-corrected chi connectivity index (χ1v) is 6.78. The molecule has 18 heavy (non-hydrogen) atoms. The van der Waals surface area contributed by atoms with Crippen LogP contribution in [0.1, 0.15) is 19.8 Å². The number of nitrogens with one attached hydrogen (secondary N) is 2. The summed E-state index contributed by atoms with van der Waals surface area (Å²) in [6.45, 7) is 5.00. The molecule has 0 aliphatic carbocycles. The lowest BCUT2D eigenvalue weighted by molar-refractivity contribution is 0.261. The maximum Gasteiger partial charge on any atom is 0.224 e. The van der Waals surface area contributed by atoms with Crippen LogP contribution in [0.25, 0.3) is 0 Å². The zero-order valence-electron chi connectivity index (χ0n) is 10.9. The van der Waals surface area contributed by atoms with E-state index in [1.807, 2.05) is 6.92 Å². The molecule has 1 unspecified atom stereocenters. The van der Waals surface area contributed by atoms with Gasteiger partial charge in [-0.05, 0) is 33.4 Å². The van der Waals surface area contributed by atoms with Crippen LogP contribution in [0, 0.1) is 0 Å². The van der Waals surface area contributed by atoms with Crippen LogP contribution in [0.4, 0.5) is 11.8 Å². The molecule has 0 radical (unpaired) electrons. The maximum absolute atomic E-state index is 6.12. The van der Waals surface area contributed by atoms with Crippen molar-refractivity contribution in [3.63, 3.8) is 0 Å². The Balaban J connectivity index is 2.05. The zero-order valence-corrected chi connectivity index (χ0v) is 11.7. The lowest BCUT2D eigenvalue weighted by atomic mass is 10.1. The fourth-order valence-corrected chi connectivity index (χ4v) is 2.33. The Labute approximate surface area is 113 Å². The van der Waals surface area contributed by atoms with Crippen LogP contribution in [0.15, 0.2) is 6.20 Å². The molecule has 1 aliphatic rings. The smallest absolute Gasteiger partial charge is 0.224 e. The molecule has 0 aromatic carbocycles. The zero-order chi connectivity index (χ0) is 13.0. The van der Waals surface area contributed by atoms with E-state index in [1.54, 1.807) is 6.20 Å². The summed E-state index contributed by atoms with van der Waals surface area (Å²) in [5.41, 5.74) is 0. The first kappa shape index (κ1) is 13.4. The van der Waals surface area contributed by atoms with Gasteiger partial charge in [0, 0.05) is 19.1 Å². The van der Waals surface area contributed by atoms with E-state index >= 15 is 0 Å². The van der Waals surface area contributed by atoms with Crippen LogP contribution in [0.5, 0.6) is 0 Å². The van der Waals surface area contributed by atoms with Gasteiger partial charge in [-0.1, -0.05) is 11.6 Å². The number of likely N-dealkylation sites (tertiary alicyclic amines) is 1. The van der Waals surface area contributed by atoms with Gasteiger partial charge < -0.3 is 15.5 Å². The molecule has 100 valence electrons. The van der Waals surface area contributed by atoms with Gasteiger partial charge in [-0.2, -0.15) is 4.98 Å². The SMILES string of the molecule is CCNc1ncc(Cl)c(NC2CCCN(C)C2)n1. The molecule has 2 heterocycles. The van der Waals surface area contributed by atoms with E-state index in [4.69, 9.17) is 11.6 Å². The summed E-state index contributed by atoms with van der Waals surface area (Å²) in [4.78, 5) is 10.9. The van der Waals surface area contributed by atoms with Crippen LogP contribution >= 0.6 is 11.6 Å². The minimum Gasteiger partial charge on any atom is -0.365 e. The van der Waals surface area contributed by atoms with E-state index in [-0.39, 0.29) is 0 Å².